The lowest BCUT2D eigenvalue weighted by Gasteiger charge is -2.26. The molecule has 0 unspecified atom stereocenters. The first kappa shape index (κ1) is 20.3. The van der Waals surface area contributed by atoms with Gasteiger partial charge in [0, 0.05) is 51.0 Å². The van der Waals surface area contributed by atoms with Gasteiger partial charge in [-0.2, -0.15) is 0 Å². The van der Waals surface area contributed by atoms with Crippen molar-refractivity contribution in [3.63, 3.8) is 0 Å². The van der Waals surface area contributed by atoms with Crippen molar-refractivity contribution in [1.29, 1.82) is 0 Å². The molecule has 0 saturated carbocycles. The normalized spacial score (nSPS) is 14.9. The molecule has 0 atom stereocenters. The van der Waals surface area contributed by atoms with Crippen LogP contribution in [0.25, 0.3) is 0 Å². The SMILES string of the molecule is COCC(=O)N1CCCN(c2nc(C)nc(C)c2Cc2ccc(C)cc2)CC1. The van der Waals surface area contributed by atoms with E-state index in [4.69, 9.17) is 9.72 Å². The van der Waals surface area contributed by atoms with Crippen LogP contribution in [0.1, 0.15) is 34.6 Å². The maximum atomic E-state index is 12.2. The number of aromatic nitrogens is 2. The molecule has 6 nitrogen and oxygen atoms in total. The summed E-state index contributed by atoms with van der Waals surface area (Å²) in [6.07, 6.45) is 1.73. The largest absolute Gasteiger partial charge is 0.375 e. The van der Waals surface area contributed by atoms with Gasteiger partial charge in [0.05, 0.1) is 0 Å². The summed E-state index contributed by atoms with van der Waals surface area (Å²) in [6.45, 7) is 9.35. The lowest BCUT2D eigenvalue weighted by atomic mass is 10.0. The Morgan fingerprint density at radius 3 is 2.50 bits per heavy atom. The average Bonchev–Trinajstić information content (AvgIpc) is 2.92. The van der Waals surface area contributed by atoms with Crippen LogP contribution in [-0.4, -0.2) is 60.7 Å². The summed E-state index contributed by atoms with van der Waals surface area (Å²) in [5.74, 6) is 1.85. The van der Waals surface area contributed by atoms with Crippen LogP contribution >= 0.6 is 0 Å². The molecular formula is C22H30N4O2. The third kappa shape index (κ3) is 4.87. The molecule has 0 aliphatic carbocycles. The third-order valence-electron chi connectivity index (χ3n) is 5.22. The maximum Gasteiger partial charge on any atom is 0.248 e. The van der Waals surface area contributed by atoms with E-state index >= 15 is 0 Å². The Kier molecular flexibility index (Phi) is 6.62. The molecule has 3 rings (SSSR count). The summed E-state index contributed by atoms with van der Waals surface area (Å²) < 4.78 is 5.01. The van der Waals surface area contributed by atoms with Gasteiger partial charge in [-0.1, -0.05) is 29.8 Å². The lowest BCUT2D eigenvalue weighted by Crippen LogP contribution is -2.37. The number of aryl methyl sites for hydroxylation is 3. The molecule has 0 bridgehead atoms. The molecule has 0 spiro atoms. The van der Waals surface area contributed by atoms with Crippen molar-refractivity contribution in [2.45, 2.75) is 33.6 Å². The molecule has 0 radical (unpaired) electrons. The average molecular weight is 383 g/mol. The van der Waals surface area contributed by atoms with E-state index in [2.05, 4.69) is 48.0 Å². The van der Waals surface area contributed by atoms with Crippen LogP contribution in [0.4, 0.5) is 5.82 Å². The Hall–Kier alpha value is -2.47. The van der Waals surface area contributed by atoms with E-state index in [9.17, 15) is 4.79 Å². The van der Waals surface area contributed by atoms with E-state index in [0.29, 0.717) is 6.54 Å². The van der Waals surface area contributed by atoms with Crippen molar-refractivity contribution < 1.29 is 9.53 Å². The van der Waals surface area contributed by atoms with Crippen LogP contribution in [0.3, 0.4) is 0 Å². The van der Waals surface area contributed by atoms with E-state index in [1.807, 2.05) is 11.8 Å². The number of ether oxygens (including phenoxy) is 1. The number of hydrogen-bond donors (Lipinski definition) is 0. The molecule has 0 N–H and O–H groups in total. The number of nitrogens with zero attached hydrogens (tertiary/aromatic N) is 4. The Balaban J connectivity index is 1.84. The van der Waals surface area contributed by atoms with Crippen LogP contribution in [0.5, 0.6) is 0 Å². The zero-order valence-corrected chi connectivity index (χ0v) is 17.4. The van der Waals surface area contributed by atoms with Gasteiger partial charge in [0.2, 0.25) is 5.91 Å². The van der Waals surface area contributed by atoms with E-state index < -0.39 is 0 Å². The van der Waals surface area contributed by atoms with Gasteiger partial charge in [0.15, 0.2) is 0 Å². The van der Waals surface area contributed by atoms with E-state index in [-0.39, 0.29) is 12.5 Å². The number of amides is 1. The minimum atomic E-state index is 0.0549. The fourth-order valence-electron chi connectivity index (χ4n) is 3.69. The lowest BCUT2D eigenvalue weighted by molar-refractivity contribution is -0.134. The second-order valence-corrected chi connectivity index (χ2v) is 7.48. The smallest absolute Gasteiger partial charge is 0.248 e. The summed E-state index contributed by atoms with van der Waals surface area (Å²) in [4.78, 5) is 25.8. The molecule has 6 heteroatoms. The molecule has 1 amide bonds. The summed E-state index contributed by atoms with van der Waals surface area (Å²) in [5, 5.41) is 0. The maximum absolute atomic E-state index is 12.2. The molecule has 1 aliphatic heterocycles. The molecule has 1 saturated heterocycles. The van der Waals surface area contributed by atoms with E-state index in [1.54, 1.807) is 7.11 Å². The summed E-state index contributed by atoms with van der Waals surface area (Å²) in [6, 6.07) is 8.63. The van der Waals surface area contributed by atoms with Gasteiger partial charge < -0.3 is 14.5 Å². The number of carbonyl (C=O) groups is 1. The first-order valence-electron chi connectivity index (χ1n) is 9.89. The molecule has 1 aliphatic rings. The molecule has 2 heterocycles. The molecule has 1 aromatic carbocycles. The molecule has 150 valence electrons. The van der Waals surface area contributed by atoms with Gasteiger partial charge in [0.1, 0.15) is 18.2 Å². The van der Waals surface area contributed by atoms with Gasteiger partial charge in [-0.15, -0.1) is 0 Å². The summed E-state index contributed by atoms with van der Waals surface area (Å²) >= 11 is 0. The number of anilines is 1. The van der Waals surface area contributed by atoms with Gasteiger partial charge in [-0.25, -0.2) is 9.97 Å². The van der Waals surface area contributed by atoms with Gasteiger partial charge >= 0.3 is 0 Å². The predicted octanol–water partition coefficient (Wildman–Crippen LogP) is 2.68. The van der Waals surface area contributed by atoms with E-state index in [0.717, 1.165) is 49.8 Å². The Morgan fingerprint density at radius 2 is 1.79 bits per heavy atom. The van der Waals surface area contributed by atoms with Crippen molar-refractivity contribution in [3.05, 3.63) is 52.5 Å². The van der Waals surface area contributed by atoms with Gasteiger partial charge in [-0.05, 0) is 32.8 Å². The Labute approximate surface area is 167 Å². The first-order chi connectivity index (χ1) is 13.5. The standard InChI is InChI=1S/C22H30N4O2/c1-16-6-8-19(9-7-16)14-20-17(2)23-18(3)24-22(20)26-11-5-10-25(12-13-26)21(27)15-28-4/h6-9H,5,10-15H2,1-4H3. The highest BCUT2D eigenvalue weighted by atomic mass is 16.5. The second kappa shape index (κ2) is 9.15. The van der Waals surface area contributed by atoms with Crippen molar-refractivity contribution in [2.75, 3.05) is 44.8 Å². The Bertz CT molecular complexity index is 820. The molecule has 2 aromatic rings. The number of methoxy groups -OCH3 is 1. The van der Waals surface area contributed by atoms with Gasteiger partial charge in [0.25, 0.3) is 0 Å². The monoisotopic (exact) mass is 382 g/mol. The van der Waals surface area contributed by atoms with Crippen molar-refractivity contribution in [3.8, 4) is 0 Å². The minimum absolute atomic E-state index is 0.0549. The quantitative estimate of drug-likeness (QED) is 0.796. The molecule has 1 aromatic heterocycles. The van der Waals surface area contributed by atoms with Crippen molar-refractivity contribution >= 4 is 11.7 Å². The number of carbonyl (C=O) groups excluding carboxylic acids is 1. The second-order valence-electron chi connectivity index (χ2n) is 7.48. The first-order valence-corrected chi connectivity index (χ1v) is 9.89. The Morgan fingerprint density at radius 1 is 1.04 bits per heavy atom. The molecule has 28 heavy (non-hydrogen) atoms. The highest BCUT2D eigenvalue weighted by Crippen LogP contribution is 2.25. The van der Waals surface area contributed by atoms with E-state index in [1.165, 1.54) is 16.7 Å². The van der Waals surface area contributed by atoms with Crippen LogP contribution < -0.4 is 4.90 Å². The van der Waals surface area contributed by atoms with Crippen LogP contribution in [0, 0.1) is 20.8 Å². The fourth-order valence-corrected chi connectivity index (χ4v) is 3.69. The zero-order chi connectivity index (χ0) is 20.1. The number of hydrogen-bond acceptors (Lipinski definition) is 5. The van der Waals surface area contributed by atoms with Gasteiger partial charge in [-0.3, -0.25) is 4.79 Å². The number of benzene rings is 1. The molecule has 1 fully saturated rings. The highest BCUT2D eigenvalue weighted by molar-refractivity contribution is 5.77. The summed E-state index contributed by atoms with van der Waals surface area (Å²) in [7, 11) is 1.56. The van der Waals surface area contributed by atoms with Crippen molar-refractivity contribution in [1.82, 2.24) is 14.9 Å². The minimum Gasteiger partial charge on any atom is -0.375 e. The molecular weight excluding hydrogens is 352 g/mol. The van der Waals surface area contributed by atoms with Crippen LogP contribution in [-0.2, 0) is 16.0 Å². The highest BCUT2D eigenvalue weighted by Gasteiger charge is 2.23. The van der Waals surface area contributed by atoms with Crippen LogP contribution in [0.15, 0.2) is 24.3 Å². The number of rotatable bonds is 5. The zero-order valence-electron chi connectivity index (χ0n) is 17.4. The third-order valence-corrected chi connectivity index (χ3v) is 5.22. The predicted molar refractivity (Wildman–Crippen MR) is 111 cm³/mol. The van der Waals surface area contributed by atoms with Crippen LogP contribution in [0.2, 0.25) is 0 Å². The topological polar surface area (TPSA) is 58.6 Å². The van der Waals surface area contributed by atoms with Crippen molar-refractivity contribution in [2.24, 2.45) is 0 Å². The summed E-state index contributed by atoms with van der Waals surface area (Å²) in [5.41, 5.74) is 4.72. The fraction of sp³-hybridized carbons (Fsp3) is 0.500.